The van der Waals surface area contributed by atoms with Crippen molar-refractivity contribution < 1.29 is 30.4 Å². The minimum atomic E-state index is -0.243. The molecule has 0 fully saturated rings. The minimum Gasteiger partial charge on any atom is -0.510 e. The van der Waals surface area contributed by atoms with Crippen LogP contribution in [0, 0.1) is 18.5 Å². The third-order valence-corrected chi connectivity index (χ3v) is 13.5. The van der Waals surface area contributed by atoms with Gasteiger partial charge >= 0.3 is 0 Å². The van der Waals surface area contributed by atoms with Crippen LogP contribution in [0.4, 0.5) is 0 Å². The Bertz CT molecular complexity index is 3420. The first kappa shape index (κ1) is 47.3. The normalized spacial score (nSPS) is 12.0. The maximum Gasteiger partial charge on any atom is 0.267 e. The van der Waals surface area contributed by atoms with Crippen LogP contribution in [0.5, 0.6) is 11.5 Å². The topological polar surface area (TPSA) is 35.9 Å². The number of aromatic nitrogens is 4. The predicted octanol–water partition coefficient (Wildman–Crippen LogP) is 15.6. The van der Waals surface area contributed by atoms with E-state index in [0.717, 1.165) is 55.8 Å². The zero-order valence-corrected chi connectivity index (χ0v) is 43.2. The fourth-order valence-corrected chi connectivity index (χ4v) is 9.57. The third kappa shape index (κ3) is 9.13. The molecule has 0 spiro atoms. The summed E-state index contributed by atoms with van der Waals surface area (Å²) in [7, 11) is 0. The molecule has 0 aliphatic heterocycles. The van der Waals surface area contributed by atoms with Gasteiger partial charge in [-0.2, -0.15) is 12.1 Å². The van der Waals surface area contributed by atoms with E-state index < -0.39 is 0 Å². The van der Waals surface area contributed by atoms with Crippen molar-refractivity contribution in [2.24, 2.45) is 0 Å². The Kier molecular flexibility index (Phi) is 13.0. The van der Waals surface area contributed by atoms with Gasteiger partial charge in [-0.3, -0.25) is 4.57 Å². The number of hydrogen-bond donors (Lipinski definition) is 0. The summed E-state index contributed by atoms with van der Waals surface area (Å²) in [6.45, 7) is 20.4. The van der Waals surface area contributed by atoms with Gasteiger partial charge in [0.25, 0.3) is 6.33 Å². The Morgan fingerprint density at radius 3 is 1.96 bits per heavy atom. The molecule has 348 valence electrons. The van der Waals surface area contributed by atoms with Crippen molar-refractivity contribution in [1.82, 2.24) is 14.1 Å². The second-order valence-corrected chi connectivity index (χ2v) is 20.2. The molecular weight excluding hydrogens is 1020 g/mol. The Hall–Kier alpha value is -6.81. The number of para-hydroxylation sites is 1. The summed E-state index contributed by atoms with van der Waals surface area (Å²) >= 11 is 0. The van der Waals surface area contributed by atoms with Crippen molar-refractivity contribution in [3.63, 3.8) is 0 Å². The molecule has 0 bridgehead atoms. The van der Waals surface area contributed by atoms with Crippen LogP contribution in [0.3, 0.4) is 0 Å². The van der Waals surface area contributed by atoms with E-state index in [4.69, 9.17) is 9.72 Å². The van der Waals surface area contributed by atoms with Crippen LogP contribution in [-0.2, 0) is 31.9 Å². The van der Waals surface area contributed by atoms with Gasteiger partial charge in [-0.25, -0.2) is 4.98 Å². The number of benzene rings is 7. The van der Waals surface area contributed by atoms with E-state index in [1.54, 1.807) is 0 Å². The molecule has 3 heterocycles. The zero-order chi connectivity index (χ0) is 47.3. The molecule has 69 heavy (non-hydrogen) atoms. The molecular formula is C63H58N4OPt-2. The van der Waals surface area contributed by atoms with Crippen molar-refractivity contribution in [1.29, 1.82) is 0 Å². The van der Waals surface area contributed by atoms with E-state index >= 15 is 0 Å². The van der Waals surface area contributed by atoms with Crippen molar-refractivity contribution in [3.8, 4) is 51.1 Å². The van der Waals surface area contributed by atoms with Crippen LogP contribution < -0.4 is 9.30 Å². The standard InChI is InChI=1S/C63H58N4O.Pt/c1-42(2)53-27-19-28-54(43(3)4)61(53)59-40-65(49-25-18-24-47(36-49)62(5,6)7)41-66(59)50-34-45(44-20-12-10-13-21-44)35-52(38-50)68-51-30-31-56-55-26-16-17-29-57(55)67(58(56)39-51)60-37-48(32-33-64-60)63(8,9)46-22-14-11-15-23-46;/h10-37,40,42-43H,1-9H3;/q-2;. The summed E-state index contributed by atoms with van der Waals surface area (Å²) in [5, 5.41) is 2.20. The quantitative estimate of drug-likeness (QED) is 0.0956. The molecule has 0 radical (unpaired) electrons. The molecule has 0 saturated heterocycles. The maximum atomic E-state index is 6.97. The first-order valence-electron chi connectivity index (χ1n) is 23.8. The molecule has 7 aromatic carbocycles. The number of hydrogen-bond acceptors (Lipinski definition) is 2. The van der Waals surface area contributed by atoms with Crippen LogP contribution in [0.1, 0.15) is 102 Å². The van der Waals surface area contributed by atoms with E-state index in [1.165, 1.54) is 33.4 Å². The van der Waals surface area contributed by atoms with Crippen LogP contribution in [-0.4, -0.2) is 14.1 Å². The number of nitrogens with zero attached hydrogens (tertiary/aromatic N) is 4. The summed E-state index contributed by atoms with van der Waals surface area (Å²) in [6, 6.07) is 65.4. The minimum absolute atomic E-state index is 0. The Balaban J connectivity index is 0.00000593. The van der Waals surface area contributed by atoms with Gasteiger partial charge in [0.2, 0.25) is 0 Å². The molecule has 0 atom stereocenters. The molecule has 0 aliphatic carbocycles. The Labute approximate surface area is 422 Å². The molecule has 0 unspecified atom stereocenters. The summed E-state index contributed by atoms with van der Waals surface area (Å²) < 4.78 is 13.5. The fourth-order valence-electron chi connectivity index (χ4n) is 9.57. The number of imidazole rings is 1. The van der Waals surface area contributed by atoms with Crippen LogP contribution >= 0.6 is 0 Å². The second-order valence-electron chi connectivity index (χ2n) is 20.2. The van der Waals surface area contributed by atoms with E-state index in [2.05, 4.69) is 258 Å². The SMILES string of the molecule is CC(C)c1cccc(C(C)C)c1-c1c[n+](-c2cccc(C(C)(C)C)c2)[c-]n1-c1[c-]c(Oc2[c-]c3c(cc2)c2ccccc2n3-c2cc(C(C)(C)c3ccccc3)ccn2)cc(-c2ccccc2)c1.[Pt]. The van der Waals surface area contributed by atoms with Gasteiger partial charge in [-0.15, -0.1) is 35.2 Å². The van der Waals surface area contributed by atoms with Gasteiger partial charge in [0.1, 0.15) is 5.82 Å². The maximum absolute atomic E-state index is 6.97. The summed E-state index contributed by atoms with van der Waals surface area (Å²) in [5.41, 5.74) is 14.1. The average Bonchev–Trinajstić information content (AvgIpc) is 3.94. The van der Waals surface area contributed by atoms with Crippen LogP contribution in [0.25, 0.3) is 61.4 Å². The van der Waals surface area contributed by atoms with E-state index in [0.29, 0.717) is 11.5 Å². The van der Waals surface area contributed by atoms with Crippen molar-refractivity contribution in [3.05, 3.63) is 222 Å². The average molecular weight is 1080 g/mol. The third-order valence-electron chi connectivity index (χ3n) is 13.5. The van der Waals surface area contributed by atoms with Gasteiger partial charge in [0.15, 0.2) is 0 Å². The number of pyridine rings is 1. The smallest absolute Gasteiger partial charge is 0.267 e. The van der Waals surface area contributed by atoms with Crippen molar-refractivity contribution in [2.45, 2.75) is 85.0 Å². The molecule has 10 aromatic rings. The molecule has 0 amide bonds. The predicted molar refractivity (Wildman–Crippen MR) is 279 cm³/mol. The van der Waals surface area contributed by atoms with Gasteiger partial charge in [0, 0.05) is 55.9 Å². The largest absolute Gasteiger partial charge is 0.510 e. The Morgan fingerprint density at radius 1 is 0.580 bits per heavy atom. The molecule has 0 N–H and O–H groups in total. The van der Waals surface area contributed by atoms with Gasteiger partial charge in [-0.05, 0) is 97.6 Å². The van der Waals surface area contributed by atoms with Crippen LogP contribution in [0.2, 0.25) is 0 Å². The number of rotatable bonds is 11. The summed E-state index contributed by atoms with van der Waals surface area (Å²) in [5.74, 6) is 2.55. The molecule has 6 heteroatoms. The summed E-state index contributed by atoms with van der Waals surface area (Å²) in [6.07, 6.45) is 7.97. The molecule has 0 saturated carbocycles. The van der Waals surface area contributed by atoms with Crippen molar-refractivity contribution in [2.75, 3.05) is 0 Å². The first-order chi connectivity index (χ1) is 32.7. The fraction of sp³-hybridized carbons (Fsp3) is 0.206. The van der Waals surface area contributed by atoms with Gasteiger partial charge in [0.05, 0.1) is 11.4 Å². The number of ether oxygens (including phenoxy) is 1. The van der Waals surface area contributed by atoms with E-state index in [-0.39, 0.29) is 43.7 Å². The molecule has 5 nitrogen and oxygen atoms in total. The van der Waals surface area contributed by atoms with E-state index in [1.807, 2.05) is 12.3 Å². The second kappa shape index (κ2) is 18.9. The summed E-state index contributed by atoms with van der Waals surface area (Å²) in [4.78, 5) is 4.99. The monoisotopic (exact) mass is 1080 g/mol. The zero-order valence-electron chi connectivity index (χ0n) is 40.9. The molecule has 3 aromatic heterocycles. The van der Waals surface area contributed by atoms with E-state index in [9.17, 15) is 0 Å². The molecule has 0 aliphatic rings. The van der Waals surface area contributed by atoms with Crippen LogP contribution in [0.15, 0.2) is 176 Å². The van der Waals surface area contributed by atoms with Gasteiger partial charge < -0.3 is 13.9 Å². The first-order valence-corrected chi connectivity index (χ1v) is 23.8. The van der Waals surface area contributed by atoms with Gasteiger partial charge in [-0.1, -0.05) is 177 Å². The molecule has 10 rings (SSSR count). The number of fused-ring (bicyclic) bond motifs is 3. The Morgan fingerprint density at radius 2 is 1.25 bits per heavy atom. The van der Waals surface area contributed by atoms with Crippen molar-refractivity contribution >= 4 is 21.8 Å².